The van der Waals surface area contributed by atoms with E-state index < -0.39 is 0 Å². The maximum absolute atomic E-state index is 12.4. The van der Waals surface area contributed by atoms with Crippen molar-refractivity contribution < 1.29 is 14.2 Å². The molecule has 26 heavy (non-hydrogen) atoms. The quantitative estimate of drug-likeness (QED) is 0.816. The molecule has 1 unspecified atom stereocenters. The van der Waals surface area contributed by atoms with Crippen LogP contribution in [0.3, 0.4) is 0 Å². The molecule has 0 radical (unpaired) electrons. The summed E-state index contributed by atoms with van der Waals surface area (Å²) >= 11 is 0. The summed E-state index contributed by atoms with van der Waals surface area (Å²) in [7, 11) is 0. The third-order valence-electron chi connectivity index (χ3n) is 5.08. The van der Waals surface area contributed by atoms with Gasteiger partial charge in [-0.15, -0.1) is 0 Å². The first-order chi connectivity index (χ1) is 12.7. The first-order valence-electron chi connectivity index (χ1n) is 9.29. The number of anilines is 1. The zero-order valence-electron chi connectivity index (χ0n) is 14.8. The van der Waals surface area contributed by atoms with Crippen LogP contribution in [0.2, 0.25) is 0 Å². The average molecular weight is 363 g/mol. The number of rotatable bonds is 5. The Labute approximate surface area is 150 Å². The number of aromatic nitrogens is 4. The zero-order valence-corrected chi connectivity index (χ0v) is 14.8. The summed E-state index contributed by atoms with van der Waals surface area (Å²) in [5.41, 5.74) is 6.75. The van der Waals surface area contributed by atoms with E-state index in [0.717, 1.165) is 51.9 Å². The summed E-state index contributed by atoms with van der Waals surface area (Å²) in [6.07, 6.45) is 5.12. The van der Waals surface area contributed by atoms with Gasteiger partial charge < -0.3 is 24.9 Å². The zero-order chi connectivity index (χ0) is 17.9. The van der Waals surface area contributed by atoms with Gasteiger partial charge in [0.1, 0.15) is 12.1 Å². The van der Waals surface area contributed by atoms with Crippen molar-refractivity contribution in [1.82, 2.24) is 19.5 Å². The molecule has 4 rings (SSSR count). The van der Waals surface area contributed by atoms with Gasteiger partial charge in [-0.3, -0.25) is 4.57 Å². The highest BCUT2D eigenvalue weighted by atomic mass is 16.5. The van der Waals surface area contributed by atoms with Gasteiger partial charge in [-0.2, -0.15) is 9.97 Å². The van der Waals surface area contributed by atoms with E-state index >= 15 is 0 Å². The highest BCUT2D eigenvalue weighted by Crippen LogP contribution is 2.22. The largest absolute Gasteiger partial charge is 0.461 e. The van der Waals surface area contributed by atoms with Gasteiger partial charge in [0.15, 0.2) is 11.5 Å². The van der Waals surface area contributed by atoms with Crippen molar-refractivity contribution in [3.63, 3.8) is 0 Å². The third-order valence-corrected chi connectivity index (χ3v) is 5.08. The van der Waals surface area contributed by atoms with Crippen LogP contribution in [0.5, 0.6) is 6.01 Å². The van der Waals surface area contributed by atoms with E-state index in [1.54, 1.807) is 4.57 Å². The molecule has 2 saturated heterocycles. The fourth-order valence-corrected chi connectivity index (χ4v) is 3.56. The van der Waals surface area contributed by atoms with Crippen LogP contribution in [-0.2, 0) is 16.0 Å². The number of aromatic amines is 1. The van der Waals surface area contributed by atoms with Crippen molar-refractivity contribution in [2.75, 3.05) is 32.2 Å². The van der Waals surface area contributed by atoms with Crippen molar-refractivity contribution in [3.05, 3.63) is 10.5 Å². The topological polar surface area (TPSA) is 117 Å². The molecule has 0 amide bonds. The Morgan fingerprint density at radius 1 is 1.19 bits per heavy atom. The minimum absolute atomic E-state index is 0.0555. The lowest BCUT2D eigenvalue weighted by molar-refractivity contribution is -0.0128. The summed E-state index contributed by atoms with van der Waals surface area (Å²) in [5.74, 6) is 0.606. The first-order valence-corrected chi connectivity index (χ1v) is 9.29. The SMILES string of the molecule is Nc1nc(OCC2CCCCO2)nc2c1[nH]c(=O)n2CC1CCOCC1. The van der Waals surface area contributed by atoms with Crippen LogP contribution in [0.15, 0.2) is 4.79 Å². The van der Waals surface area contributed by atoms with Gasteiger partial charge in [-0.05, 0) is 38.0 Å². The molecule has 9 nitrogen and oxygen atoms in total. The van der Waals surface area contributed by atoms with Crippen molar-refractivity contribution in [2.24, 2.45) is 5.92 Å². The van der Waals surface area contributed by atoms with Crippen molar-refractivity contribution in [1.29, 1.82) is 0 Å². The highest BCUT2D eigenvalue weighted by molar-refractivity contribution is 5.81. The lowest BCUT2D eigenvalue weighted by atomic mass is 10.0. The number of nitrogen functional groups attached to an aromatic ring is 1. The molecule has 2 fully saturated rings. The van der Waals surface area contributed by atoms with E-state index in [1.807, 2.05) is 0 Å². The lowest BCUT2D eigenvalue weighted by Gasteiger charge is -2.22. The average Bonchev–Trinajstić information content (AvgIpc) is 2.98. The predicted molar refractivity (Wildman–Crippen MR) is 95.2 cm³/mol. The van der Waals surface area contributed by atoms with Gasteiger partial charge in [-0.25, -0.2) is 4.79 Å². The fraction of sp³-hybridized carbons (Fsp3) is 0.706. The molecule has 4 heterocycles. The molecule has 3 N–H and O–H groups in total. The second kappa shape index (κ2) is 7.63. The van der Waals surface area contributed by atoms with Crippen molar-refractivity contribution in [2.45, 2.75) is 44.8 Å². The Bertz CT molecular complexity index is 805. The molecule has 2 aliphatic heterocycles. The smallest absolute Gasteiger partial charge is 0.327 e. The van der Waals surface area contributed by atoms with Crippen molar-refractivity contribution in [3.8, 4) is 6.01 Å². The second-order valence-electron chi connectivity index (χ2n) is 6.99. The molecule has 2 aromatic heterocycles. The van der Waals surface area contributed by atoms with Crippen LogP contribution < -0.4 is 16.2 Å². The highest BCUT2D eigenvalue weighted by Gasteiger charge is 2.21. The van der Waals surface area contributed by atoms with Crippen LogP contribution >= 0.6 is 0 Å². The van der Waals surface area contributed by atoms with E-state index in [9.17, 15) is 4.79 Å². The Morgan fingerprint density at radius 3 is 2.81 bits per heavy atom. The fourth-order valence-electron chi connectivity index (χ4n) is 3.56. The van der Waals surface area contributed by atoms with Gasteiger partial charge in [0.2, 0.25) is 0 Å². The number of ether oxygens (including phenoxy) is 3. The summed E-state index contributed by atoms with van der Waals surface area (Å²) in [5, 5.41) is 0. The van der Waals surface area contributed by atoms with Gasteiger partial charge >= 0.3 is 11.7 Å². The third kappa shape index (κ3) is 3.68. The van der Waals surface area contributed by atoms with Crippen molar-refractivity contribution >= 4 is 17.0 Å². The molecular weight excluding hydrogens is 338 g/mol. The number of hydrogen-bond donors (Lipinski definition) is 2. The number of imidazole rings is 1. The van der Waals surface area contributed by atoms with Crippen LogP contribution in [0.1, 0.15) is 32.1 Å². The van der Waals surface area contributed by atoms with Crippen LogP contribution in [0, 0.1) is 5.92 Å². The van der Waals surface area contributed by atoms with Crippen LogP contribution in [-0.4, -0.2) is 52.1 Å². The molecule has 0 aliphatic carbocycles. The van der Waals surface area contributed by atoms with E-state index in [0.29, 0.717) is 30.2 Å². The van der Waals surface area contributed by atoms with E-state index in [2.05, 4.69) is 15.0 Å². The molecule has 0 saturated carbocycles. The summed E-state index contributed by atoms with van der Waals surface area (Å²) in [6, 6.07) is 0.184. The monoisotopic (exact) mass is 363 g/mol. The molecule has 0 spiro atoms. The first kappa shape index (κ1) is 17.3. The molecule has 142 valence electrons. The molecule has 0 bridgehead atoms. The Balaban J connectivity index is 1.55. The second-order valence-corrected chi connectivity index (χ2v) is 6.99. The number of nitrogens with one attached hydrogen (secondary N) is 1. The number of fused-ring (bicyclic) bond motifs is 1. The van der Waals surface area contributed by atoms with E-state index in [4.69, 9.17) is 19.9 Å². The van der Waals surface area contributed by atoms with Gasteiger partial charge in [-0.1, -0.05) is 0 Å². The van der Waals surface area contributed by atoms with E-state index in [-0.39, 0.29) is 23.6 Å². The predicted octanol–water partition coefficient (Wildman–Crippen LogP) is 1.08. The van der Waals surface area contributed by atoms with Crippen LogP contribution in [0.4, 0.5) is 5.82 Å². The maximum atomic E-state index is 12.4. The molecule has 0 aromatic carbocycles. The van der Waals surface area contributed by atoms with Crippen LogP contribution in [0.25, 0.3) is 11.2 Å². The molecule has 1 atom stereocenters. The Morgan fingerprint density at radius 2 is 2.04 bits per heavy atom. The molecule has 2 aliphatic rings. The van der Waals surface area contributed by atoms with Gasteiger partial charge in [0, 0.05) is 26.4 Å². The van der Waals surface area contributed by atoms with Gasteiger partial charge in [0.25, 0.3) is 0 Å². The Kier molecular flexibility index (Phi) is 5.07. The van der Waals surface area contributed by atoms with Gasteiger partial charge in [0.05, 0.1) is 6.10 Å². The normalized spacial score (nSPS) is 21.9. The minimum atomic E-state index is -0.222. The molecule has 2 aromatic rings. The molecular formula is C17H25N5O4. The summed E-state index contributed by atoms with van der Waals surface area (Å²) < 4.78 is 18.4. The number of nitrogens with two attached hydrogens (primary N) is 1. The standard InChI is InChI=1S/C17H25N5O4/c18-14-13-15(21-16(20-14)26-10-12-3-1-2-6-25-12)22(17(23)19-13)9-11-4-7-24-8-5-11/h11-12H,1-10H2,(H,19,23)(H2,18,20,21). The number of H-pyrrole nitrogens is 1. The minimum Gasteiger partial charge on any atom is -0.461 e. The summed E-state index contributed by atoms with van der Waals surface area (Å²) in [6.45, 7) is 3.20. The number of hydrogen-bond acceptors (Lipinski definition) is 7. The lowest BCUT2D eigenvalue weighted by Crippen LogP contribution is -2.27. The number of nitrogens with zero attached hydrogens (tertiary/aromatic N) is 3. The Hall–Kier alpha value is -2.13. The summed E-state index contributed by atoms with van der Waals surface area (Å²) in [4.78, 5) is 23.7. The molecule has 9 heteroatoms. The van der Waals surface area contributed by atoms with E-state index in [1.165, 1.54) is 0 Å². The maximum Gasteiger partial charge on any atom is 0.327 e.